The number of hydrogen-bond donors (Lipinski definition) is 1. The Morgan fingerprint density at radius 1 is 0.667 bits per heavy atom. The van der Waals surface area contributed by atoms with Gasteiger partial charge in [-0.3, -0.25) is 0 Å². The summed E-state index contributed by atoms with van der Waals surface area (Å²) in [4.78, 5) is 0. The highest BCUT2D eigenvalue weighted by Gasteiger charge is 2.05. The van der Waals surface area contributed by atoms with Crippen LogP contribution in [-0.2, 0) is 6.42 Å². The Labute approximate surface area is 133 Å². The molecule has 0 amide bonds. The van der Waals surface area contributed by atoms with Crippen LogP contribution in [0.1, 0.15) is 11.1 Å². The third kappa shape index (κ3) is 3.53. The van der Waals surface area contributed by atoms with Crippen LogP contribution in [0.15, 0.2) is 83.3 Å². The SMILES string of the molecule is Brc1ccccc1Cc1ccccc1Nc1ccccc1. The normalized spacial score (nSPS) is 10.3. The maximum atomic E-state index is 3.62. The van der Waals surface area contributed by atoms with Crippen molar-refractivity contribution >= 4 is 27.3 Å². The molecule has 0 saturated carbocycles. The summed E-state index contributed by atoms with van der Waals surface area (Å²) in [5.41, 5.74) is 4.84. The van der Waals surface area contributed by atoms with Crippen molar-refractivity contribution in [1.82, 2.24) is 0 Å². The van der Waals surface area contributed by atoms with E-state index < -0.39 is 0 Å². The molecule has 0 atom stereocenters. The zero-order valence-corrected chi connectivity index (χ0v) is 13.2. The number of halogens is 1. The zero-order chi connectivity index (χ0) is 14.5. The highest BCUT2D eigenvalue weighted by atomic mass is 79.9. The van der Waals surface area contributed by atoms with Gasteiger partial charge in [0.05, 0.1) is 0 Å². The Hall–Kier alpha value is -2.06. The van der Waals surface area contributed by atoms with Gasteiger partial charge in [-0.15, -0.1) is 0 Å². The number of rotatable bonds is 4. The molecule has 0 aliphatic rings. The van der Waals surface area contributed by atoms with Gasteiger partial charge in [0.1, 0.15) is 0 Å². The van der Waals surface area contributed by atoms with Gasteiger partial charge in [0.15, 0.2) is 0 Å². The number of anilines is 2. The fraction of sp³-hybridized carbons (Fsp3) is 0.0526. The van der Waals surface area contributed by atoms with Gasteiger partial charge < -0.3 is 5.32 Å². The molecule has 0 aliphatic carbocycles. The molecule has 1 nitrogen and oxygen atoms in total. The van der Waals surface area contributed by atoms with Gasteiger partial charge in [-0.05, 0) is 35.4 Å². The van der Waals surface area contributed by atoms with Crippen LogP contribution in [0.5, 0.6) is 0 Å². The van der Waals surface area contributed by atoms with Gasteiger partial charge in [-0.25, -0.2) is 0 Å². The van der Waals surface area contributed by atoms with Crippen LogP contribution in [0.2, 0.25) is 0 Å². The van der Waals surface area contributed by atoms with Crippen molar-refractivity contribution < 1.29 is 0 Å². The van der Waals surface area contributed by atoms with Crippen LogP contribution in [0.25, 0.3) is 0 Å². The lowest BCUT2D eigenvalue weighted by Gasteiger charge is -2.13. The topological polar surface area (TPSA) is 12.0 Å². The lowest BCUT2D eigenvalue weighted by Crippen LogP contribution is -1.97. The fourth-order valence-corrected chi connectivity index (χ4v) is 2.75. The van der Waals surface area contributed by atoms with Crippen LogP contribution < -0.4 is 5.32 Å². The average Bonchev–Trinajstić information content (AvgIpc) is 2.52. The summed E-state index contributed by atoms with van der Waals surface area (Å²) in [5.74, 6) is 0. The first-order valence-electron chi connectivity index (χ1n) is 6.96. The molecule has 0 spiro atoms. The summed E-state index contributed by atoms with van der Waals surface area (Å²) < 4.78 is 1.15. The number of nitrogens with one attached hydrogen (secondary N) is 1. The molecule has 0 aromatic heterocycles. The third-order valence-electron chi connectivity index (χ3n) is 3.41. The Bertz CT molecular complexity index is 722. The van der Waals surface area contributed by atoms with E-state index in [1.807, 2.05) is 24.3 Å². The molecule has 0 heterocycles. The molecule has 0 aliphatic heterocycles. The second-order valence-electron chi connectivity index (χ2n) is 4.92. The number of benzene rings is 3. The van der Waals surface area contributed by atoms with E-state index in [4.69, 9.17) is 0 Å². The van der Waals surface area contributed by atoms with Gasteiger partial charge in [0, 0.05) is 22.3 Å². The first kappa shape index (κ1) is 13.9. The van der Waals surface area contributed by atoms with E-state index in [1.54, 1.807) is 0 Å². The van der Waals surface area contributed by atoms with Gasteiger partial charge >= 0.3 is 0 Å². The van der Waals surface area contributed by atoms with Crippen LogP contribution in [0, 0.1) is 0 Å². The Kier molecular flexibility index (Phi) is 4.37. The minimum atomic E-state index is 0.900. The van der Waals surface area contributed by atoms with Crippen molar-refractivity contribution in [3.05, 3.63) is 94.5 Å². The minimum Gasteiger partial charge on any atom is -0.355 e. The van der Waals surface area contributed by atoms with Crippen molar-refractivity contribution in [2.24, 2.45) is 0 Å². The van der Waals surface area contributed by atoms with E-state index in [0.717, 1.165) is 22.3 Å². The molecule has 0 unspecified atom stereocenters. The molecule has 0 bridgehead atoms. The quantitative estimate of drug-likeness (QED) is 0.635. The Morgan fingerprint density at radius 3 is 2.05 bits per heavy atom. The van der Waals surface area contributed by atoms with E-state index in [9.17, 15) is 0 Å². The molecule has 3 rings (SSSR count). The molecular weight excluding hydrogens is 322 g/mol. The van der Waals surface area contributed by atoms with Crippen LogP contribution in [0.3, 0.4) is 0 Å². The minimum absolute atomic E-state index is 0.900. The van der Waals surface area contributed by atoms with E-state index in [2.05, 4.69) is 75.8 Å². The number of para-hydroxylation sites is 2. The average molecular weight is 338 g/mol. The first-order valence-corrected chi connectivity index (χ1v) is 7.75. The van der Waals surface area contributed by atoms with E-state index >= 15 is 0 Å². The van der Waals surface area contributed by atoms with Gasteiger partial charge in [0.25, 0.3) is 0 Å². The van der Waals surface area contributed by atoms with Crippen molar-refractivity contribution in [3.63, 3.8) is 0 Å². The van der Waals surface area contributed by atoms with Gasteiger partial charge in [0.2, 0.25) is 0 Å². The molecule has 0 radical (unpaired) electrons. The van der Waals surface area contributed by atoms with E-state index in [0.29, 0.717) is 0 Å². The standard InChI is InChI=1S/C19H16BrN/c20-18-12-6-4-8-15(18)14-16-9-5-7-13-19(16)21-17-10-2-1-3-11-17/h1-13,21H,14H2. The summed E-state index contributed by atoms with van der Waals surface area (Å²) in [7, 11) is 0. The molecule has 2 heteroatoms. The van der Waals surface area contributed by atoms with Gasteiger partial charge in [-0.2, -0.15) is 0 Å². The first-order chi connectivity index (χ1) is 10.3. The molecule has 1 N–H and O–H groups in total. The largest absolute Gasteiger partial charge is 0.355 e. The summed E-state index contributed by atoms with van der Waals surface area (Å²) in [6, 6.07) is 27.1. The smallest absolute Gasteiger partial charge is 0.0420 e. The van der Waals surface area contributed by atoms with Crippen molar-refractivity contribution in [1.29, 1.82) is 0 Å². The predicted molar refractivity (Wildman–Crippen MR) is 93.1 cm³/mol. The molecule has 0 saturated heterocycles. The Balaban J connectivity index is 1.88. The molecule has 3 aromatic carbocycles. The summed E-state index contributed by atoms with van der Waals surface area (Å²) in [5, 5.41) is 3.50. The zero-order valence-electron chi connectivity index (χ0n) is 11.6. The summed E-state index contributed by atoms with van der Waals surface area (Å²) in [6.07, 6.45) is 0.900. The summed E-state index contributed by atoms with van der Waals surface area (Å²) >= 11 is 3.62. The predicted octanol–water partition coefficient (Wildman–Crippen LogP) is 5.78. The molecule has 104 valence electrons. The highest BCUT2D eigenvalue weighted by Crippen LogP contribution is 2.26. The molecule has 0 fully saturated rings. The number of hydrogen-bond acceptors (Lipinski definition) is 1. The van der Waals surface area contributed by atoms with Crippen LogP contribution >= 0.6 is 15.9 Å². The highest BCUT2D eigenvalue weighted by molar-refractivity contribution is 9.10. The van der Waals surface area contributed by atoms with Crippen molar-refractivity contribution in [2.75, 3.05) is 5.32 Å². The molecular formula is C19H16BrN. The summed E-state index contributed by atoms with van der Waals surface area (Å²) in [6.45, 7) is 0. The van der Waals surface area contributed by atoms with Crippen molar-refractivity contribution in [2.45, 2.75) is 6.42 Å². The van der Waals surface area contributed by atoms with E-state index in [-0.39, 0.29) is 0 Å². The molecule has 21 heavy (non-hydrogen) atoms. The van der Waals surface area contributed by atoms with Gasteiger partial charge in [-0.1, -0.05) is 70.5 Å². The lowest BCUT2D eigenvalue weighted by atomic mass is 10.0. The lowest BCUT2D eigenvalue weighted by molar-refractivity contribution is 1.18. The van der Waals surface area contributed by atoms with E-state index in [1.165, 1.54) is 11.1 Å². The maximum absolute atomic E-state index is 3.62. The second kappa shape index (κ2) is 6.59. The van der Waals surface area contributed by atoms with Crippen molar-refractivity contribution in [3.8, 4) is 0 Å². The van der Waals surface area contributed by atoms with Crippen LogP contribution in [-0.4, -0.2) is 0 Å². The Morgan fingerprint density at radius 2 is 1.29 bits per heavy atom. The monoisotopic (exact) mass is 337 g/mol. The fourth-order valence-electron chi connectivity index (χ4n) is 2.32. The third-order valence-corrected chi connectivity index (χ3v) is 4.18. The second-order valence-corrected chi connectivity index (χ2v) is 5.77. The molecule has 3 aromatic rings. The van der Waals surface area contributed by atoms with Crippen LogP contribution in [0.4, 0.5) is 11.4 Å². The maximum Gasteiger partial charge on any atom is 0.0420 e.